The molecular weight excluding hydrogens is 449 g/mol. The van der Waals surface area contributed by atoms with Gasteiger partial charge >= 0.3 is 6.18 Å². The highest BCUT2D eigenvalue weighted by molar-refractivity contribution is 7.99. The van der Waals surface area contributed by atoms with Crippen molar-refractivity contribution in [2.45, 2.75) is 18.1 Å². The summed E-state index contributed by atoms with van der Waals surface area (Å²) >= 11 is 7.36. The molecule has 0 radical (unpaired) electrons. The number of carbonyl (C=O) groups excluding carboxylic acids is 1. The van der Waals surface area contributed by atoms with Gasteiger partial charge < -0.3 is 14.6 Å². The summed E-state index contributed by atoms with van der Waals surface area (Å²) in [5, 5.41) is 12.7. The molecule has 2 aromatic carbocycles. The van der Waals surface area contributed by atoms with Crippen LogP contribution >= 0.6 is 23.5 Å². The van der Waals surface area contributed by atoms with Gasteiger partial charge in [0.25, 0.3) is 5.91 Å². The van der Waals surface area contributed by atoms with Gasteiger partial charge in [0, 0.05) is 22.9 Å². The third-order valence-electron chi connectivity index (χ3n) is 4.84. The molecule has 10 heteroatoms. The number of carbonyl (C=O) groups is 1. The molecule has 0 aliphatic carbocycles. The van der Waals surface area contributed by atoms with Crippen LogP contribution < -0.4 is 10.0 Å². The fourth-order valence-electron chi connectivity index (χ4n) is 3.51. The van der Waals surface area contributed by atoms with Crippen LogP contribution in [0, 0.1) is 11.3 Å². The third-order valence-corrected chi connectivity index (χ3v) is 5.51. The largest absolute Gasteiger partial charge is 0.405 e. The number of hydrogen-bond donors (Lipinski definition) is 2. The quantitative estimate of drug-likeness (QED) is 0.462. The lowest BCUT2D eigenvalue weighted by molar-refractivity contribution is -0.142. The van der Waals surface area contributed by atoms with Crippen LogP contribution in [0.25, 0.3) is 10.9 Å². The second-order valence-corrected chi connectivity index (χ2v) is 7.78. The minimum atomic E-state index is -4.60. The number of alkyl halides is 3. The van der Waals surface area contributed by atoms with E-state index in [1.54, 1.807) is 41.1 Å². The highest BCUT2D eigenvalue weighted by Gasteiger charge is 2.44. The van der Waals surface area contributed by atoms with E-state index in [1.165, 1.54) is 24.1 Å². The Bertz CT molecular complexity index is 1120. The first-order valence-electron chi connectivity index (χ1n) is 9.10. The number of nitrogens with zero attached hydrogens (tertiary/aromatic N) is 2. The van der Waals surface area contributed by atoms with Gasteiger partial charge in [-0.3, -0.25) is 4.79 Å². The lowest BCUT2D eigenvalue weighted by Gasteiger charge is -2.34. The first kappa shape index (κ1) is 22.8. The van der Waals surface area contributed by atoms with Crippen LogP contribution in [-0.4, -0.2) is 29.5 Å². The third kappa shape index (κ3) is 4.60. The SMILES string of the molecule is CSNc1cccc2c1ccn2C(CC#N)(C(=O)NCC(F)(F)F)c1ccc(Cl)cc1. The molecule has 0 saturated carbocycles. The zero-order valence-electron chi connectivity index (χ0n) is 16.3. The first-order chi connectivity index (χ1) is 14.7. The molecule has 1 aromatic heterocycles. The second-order valence-electron chi connectivity index (χ2n) is 6.73. The summed E-state index contributed by atoms with van der Waals surface area (Å²) in [7, 11) is 0. The molecule has 162 valence electrons. The number of amides is 1. The molecule has 0 aliphatic rings. The number of nitriles is 1. The molecule has 3 aromatic rings. The molecule has 1 amide bonds. The number of hydrogen-bond acceptors (Lipinski definition) is 4. The van der Waals surface area contributed by atoms with E-state index in [0.717, 1.165) is 11.1 Å². The maximum Gasteiger partial charge on any atom is 0.405 e. The number of aromatic nitrogens is 1. The molecule has 1 atom stereocenters. The topological polar surface area (TPSA) is 69.8 Å². The summed E-state index contributed by atoms with van der Waals surface area (Å²) < 4.78 is 43.3. The van der Waals surface area contributed by atoms with E-state index in [4.69, 9.17) is 11.6 Å². The number of rotatable bonds is 7. The number of benzene rings is 2. The Kier molecular flexibility index (Phi) is 6.72. The fraction of sp³-hybridized carbons (Fsp3) is 0.238. The Hall–Kier alpha value is -2.83. The molecule has 0 saturated heterocycles. The van der Waals surface area contributed by atoms with Gasteiger partial charge in [-0.2, -0.15) is 18.4 Å². The Morgan fingerprint density at radius 2 is 1.90 bits per heavy atom. The predicted molar refractivity (Wildman–Crippen MR) is 117 cm³/mol. The highest BCUT2D eigenvalue weighted by atomic mass is 35.5. The molecule has 1 heterocycles. The zero-order chi connectivity index (χ0) is 22.6. The van der Waals surface area contributed by atoms with Crippen molar-refractivity contribution in [2.75, 3.05) is 17.5 Å². The molecule has 0 fully saturated rings. The smallest absolute Gasteiger partial charge is 0.345 e. The van der Waals surface area contributed by atoms with Crippen LogP contribution in [-0.2, 0) is 10.3 Å². The van der Waals surface area contributed by atoms with Crippen LogP contribution in [0.1, 0.15) is 12.0 Å². The Balaban J connectivity index is 2.26. The van der Waals surface area contributed by atoms with E-state index >= 15 is 0 Å². The van der Waals surface area contributed by atoms with E-state index in [9.17, 15) is 23.2 Å². The number of nitrogens with one attached hydrogen (secondary N) is 2. The zero-order valence-corrected chi connectivity index (χ0v) is 17.9. The Morgan fingerprint density at radius 1 is 1.19 bits per heavy atom. The molecule has 5 nitrogen and oxygen atoms in total. The summed E-state index contributed by atoms with van der Waals surface area (Å²) in [4.78, 5) is 13.3. The van der Waals surface area contributed by atoms with Gasteiger partial charge in [0.2, 0.25) is 0 Å². The highest BCUT2D eigenvalue weighted by Crippen LogP contribution is 2.37. The van der Waals surface area contributed by atoms with E-state index in [1.807, 2.05) is 23.7 Å². The van der Waals surface area contributed by atoms with Crippen LogP contribution in [0.2, 0.25) is 5.02 Å². The standard InChI is InChI=1S/C21H18ClF3N4OS/c1-31-28-17-3-2-4-18-16(17)9-12-29(18)20(10-11-26,14-5-7-15(22)8-6-14)19(30)27-13-21(23,24)25/h2-9,12,28H,10,13H2,1H3,(H,27,30). The Morgan fingerprint density at radius 3 is 2.52 bits per heavy atom. The molecule has 0 aliphatic heterocycles. The van der Waals surface area contributed by atoms with Crippen molar-refractivity contribution in [3.05, 3.63) is 65.3 Å². The minimum Gasteiger partial charge on any atom is -0.345 e. The van der Waals surface area contributed by atoms with Gasteiger partial charge in [0.15, 0.2) is 5.54 Å². The summed E-state index contributed by atoms with van der Waals surface area (Å²) in [6.07, 6.45) is -1.52. The van der Waals surface area contributed by atoms with Gasteiger partial charge in [-0.05, 0) is 35.9 Å². The molecule has 2 N–H and O–H groups in total. The number of fused-ring (bicyclic) bond motifs is 1. The average Bonchev–Trinajstić information content (AvgIpc) is 3.16. The first-order valence-corrected chi connectivity index (χ1v) is 10.7. The summed E-state index contributed by atoms with van der Waals surface area (Å²) in [6.45, 7) is -1.51. The van der Waals surface area contributed by atoms with E-state index in [0.29, 0.717) is 16.1 Å². The van der Waals surface area contributed by atoms with Crippen molar-refractivity contribution in [2.24, 2.45) is 0 Å². The van der Waals surface area contributed by atoms with Crippen LogP contribution in [0.3, 0.4) is 0 Å². The Labute approximate surface area is 186 Å². The van der Waals surface area contributed by atoms with Gasteiger partial charge in [-0.15, -0.1) is 0 Å². The number of halogens is 4. The predicted octanol–water partition coefficient (Wildman–Crippen LogP) is 5.32. The average molecular weight is 467 g/mol. The number of anilines is 1. The fourth-order valence-corrected chi connectivity index (χ4v) is 4.04. The van der Waals surface area contributed by atoms with Crippen molar-refractivity contribution in [1.82, 2.24) is 9.88 Å². The minimum absolute atomic E-state index is 0.346. The lowest BCUT2D eigenvalue weighted by Crippen LogP contribution is -2.51. The maximum absolute atomic E-state index is 13.3. The lowest BCUT2D eigenvalue weighted by atomic mass is 9.85. The van der Waals surface area contributed by atoms with Gasteiger partial charge in [-0.1, -0.05) is 41.7 Å². The normalized spacial score (nSPS) is 13.4. The van der Waals surface area contributed by atoms with Crippen molar-refractivity contribution in [3.8, 4) is 6.07 Å². The van der Waals surface area contributed by atoms with Crippen LogP contribution in [0.15, 0.2) is 54.7 Å². The van der Waals surface area contributed by atoms with Crippen LogP contribution in [0.4, 0.5) is 18.9 Å². The van der Waals surface area contributed by atoms with Gasteiger partial charge in [0.1, 0.15) is 6.54 Å². The molecule has 0 spiro atoms. The molecule has 0 bridgehead atoms. The van der Waals surface area contributed by atoms with E-state index < -0.39 is 24.2 Å². The van der Waals surface area contributed by atoms with E-state index in [2.05, 4.69) is 4.72 Å². The van der Waals surface area contributed by atoms with E-state index in [-0.39, 0.29) is 6.42 Å². The van der Waals surface area contributed by atoms with Gasteiger partial charge in [0.05, 0.1) is 23.7 Å². The summed E-state index contributed by atoms with van der Waals surface area (Å²) in [6, 6.07) is 15.3. The molecule has 3 rings (SSSR count). The molecule has 31 heavy (non-hydrogen) atoms. The monoisotopic (exact) mass is 466 g/mol. The van der Waals surface area contributed by atoms with Crippen molar-refractivity contribution < 1.29 is 18.0 Å². The van der Waals surface area contributed by atoms with Crippen molar-refractivity contribution >= 4 is 46.0 Å². The molecular formula is C21H18ClF3N4OS. The van der Waals surface area contributed by atoms with Crippen molar-refractivity contribution in [3.63, 3.8) is 0 Å². The summed E-state index contributed by atoms with van der Waals surface area (Å²) in [5.74, 6) is -0.936. The van der Waals surface area contributed by atoms with Crippen molar-refractivity contribution in [1.29, 1.82) is 5.26 Å². The van der Waals surface area contributed by atoms with Gasteiger partial charge in [-0.25, -0.2) is 0 Å². The molecule has 1 unspecified atom stereocenters. The second kappa shape index (κ2) is 9.12. The van der Waals surface area contributed by atoms with Crippen LogP contribution in [0.5, 0.6) is 0 Å². The maximum atomic E-state index is 13.3. The summed E-state index contributed by atoms with van der Waals surface area (Å²) in [5.41, 5.74) is -0.0173.